The molecule has 1 N–H and O–H groups in total. The molecular weight excluding hydrogens is 370 g/mol. The Morgan fingerprint density at radius 1 is 0.966 bits per heavy atom. The van der Waals surface area contributed by atoms with Crippen molar-refractivity contribution in [1.29, 1.82) is 0 Å². The minimum atomic E-state index is 0.924. The van der Waals surface area contributed by atoms with E-state index in [9.17, 15) is 0 Å². The Kier molecular flexibility index (Phi) is 5.54. The molecule has 0 saturated heterocycles. The normalized spacial score (nSPS) is 23.1. The smallest absolute Gasteiger partial charge is 0.0482 e. The van der Waals surface area contributed by atoms with E-state index in [1.54, 1.807) is 28.5 Å². The van der Waals surface area contributed by atoms with Crippen LogP contribution in [0.2, 0.25) is 0 Å². The van der Waals surface area contributed by atoms with Crippen LogP contribution in [0.5, 0.6) is 0 Å². The fourth-order valence-electron chi connectivity index (χ4n) is 5.31. The van der Waals surface area contributed by atoms with Gasteiger partial charge in [-0.05, 0) is 90.8 Å². The number of nitrogens with one attached hydrogen (secondary N) is 1. The highest BCUT2D eigenvalue weighted by molar-refractivity contribution is 8.03. The van der Waals surface area contributed by atoms with Crippen LogP contribution in [0.1, 0.15) is 60.8 Å². The van der Waals surface area contributed by atoms with E-state index < -0.39 is 0 Å². The molecule has 5 rings (SSSR count). The van der Waals surface area contributed by atoms with Crippen LogP contribution in [0, 0.1) is 5.92 Å². The number of allylic oxidation sites excluding steroid dienone is 1. The maximum atomic E-state index is 4.44. The number of thioether (sulfide) groups is 1. The van der Waals surface area contributed by atoms with Crippen molar-refractivity contribution >= 4 is 23.5 Å². The van der Waals surface area contributed by atoms with Gasteiger partial charge in [-0.15, -0.1) is 0 Å². The van der Waals surface area contributed by atoms with E-state index in [0.29, 0.717) is 0 Å². The van der Waals surface area contributed by atoms with Crippen LogP contribution in [0.4, 0.5) is 5.69 Å². The Balaban J connectivity index is 1.48. The Hall–Kier alpha value is -1.93. The maximum absolute atomic E-state index is 4.44. The average Bonchev–Trinajstić information content (AvgIpc) is 2.91. The first kappa shape index (κ1) is 19.1. The number of fused-ring (bicyclic) bond motifs is 2. The van der Waals surface area contributed by atoms with E-state index in [4.69, 9.17) is 0 Å². The van der Waals surface area contributed by atoms with Crippen LogP contribution >= 0.6 is 11.8 Å². The third-order valence-electron chi connectivity index (χ3n) is 6.85. The first-order valence-corrected chi connectivity index (χ1v) is 12.1. The number of hydrogen-bond acceptors (Lipinski definition) is 2. The van der Waals surface area contributed by atoms with Crippen molar-refractivity contribution in [2.24, 2.45) is 5.92 Å². The van der Waals surface area contributed by atoms with Crippen LogP contribution in [0.25, 0.3) is 6.08 Å². The van der Waals surface area contributed by atoms with Gasteiger partial charge in [0.15, 0.2) is 0 Å². The van der Waals surface area contributed by atoms with Crippen LogP contribution < -0.4 is 5.32 Å². The van der Waals surface area contributed by atoms with Crippen molar-refractivity contribution in [3.63, 3.8) is 0 Å². The second kappa shape index (κ2) is 8.44. The van der Waals surface area contributed by atoms with Gasteiger partial charge in [0, 0.05) is 22.0 Å². The van der Waals surface area contributed by atoms with E-state index in [-0.39, 0.29) is 0 Å². The van der Waals surface area contributed by atoms with Gasteiger partial charge in [0.05, 0.1) is 0 Å². The molecule has 2 aliphatic carbocycles. The lowest BCUT2D eigenvalue weighted by molar-refractivity contribution is 0.418. The second-order valence-electron chi connectivity index (χ2n) is 8.89. The number of aryl methyl sites for hydroxylation is 2. The number of benzene rings is 2. The molecule has 2 aromatic carbocycles. The summed E-state index contributed by atoms with van der Waals surface area (Å²) in [5, 5.41) is 3.60. The van der Waals surface area contributed by atoms with Crippen LogP contribution in [0.15, 0.2) is 58.4 Å². The predicted molar refractivity (Wildman–Crippen MR) is 127 cm³/mol. The standard InChI is InChI=1S/C27H31NS/c1-19-22(13-14-28-26-11-4-5-12-27(26)29-19)15-21-16-23-9-3-2-7-20-8-6-10-24(17-21)25(23)18-20/h4-5,11-12,15-17,20,28H,1-3,6-10,13-14,18H2/b22-15+. The van der Waals surface area contributed by atoms with Crippen molar-refractivity contribution in [3.8, 4) is 0 Å². The molecular formula is C27H31NS. The summed E-state index contributed by atoms with van der Waals surface area (Å²) >= 11 is 1.80. The topological polar surface area (TPSA) is 12.0 Å². The molecule has 2 aromatic rings. The van der Waals surface area contributed by atoms with E-state index in [1.807, 2.05) is 0 Å². The Morgan fingerprint density at radius 3 is 2.66 bits per heavy atom. The van der Waals surface area contributed by atoms with Crippen molar-refractivity contribution < 1.29 is 0 Å². The zero-order valence-corrected chi connectivity index (χ0v) is 18.1. The third-order valence-corrected chi connectivity index (χ3v) is 7.93. The summed E-state index contributed by atoms with van der Waals surface area (Å²) in [5.41, 5.74) is 8.97. The minimum Gasteiger partial charge on any atom is -0.384 e. The third kappa shape index (κ3) is 4.19. The summed E-state index contributed by atoms with van der Waals surface area (Å²) < 4.78 is 0. The van der Waals surface area contributed by atoms with E-state index in [1.165, 1.54) is 78.0 Å². The molecule has 2 heteroatoms. The van der Waals surface area contributed by atoms with Gasteiger partial charge >= 0.3 is 0 Å². The van der Waals surface area contributed by atoms with E-state index >= 15 is 0 Å². The van der Waals surface area contributed by atoms with Gasteiger partial charge in [-0.1, -0.05) is 61.5 Å². The summed E-state index contributed by atoms with van der Waals surface area (Å²) in [5.74, 6) is 0.924. The molecule has 0 fully saturated rings. The lowest BCUT2D eigenvalue weighted by atomic mass is 9.84. The van der Waals surface area contributed by atoms with Gasteiger partial charge in [0.1, 0.15) is 0 Å². The predicted octanol–water partition coefficient (Wildman–Crippen LogP) is 7.41. The SMILES string of the molecule is C=C1Sc2ccccc2NCC/C1=C\c1cc2c3c(c1)CCCC(CCCC2)C3. The Morgan fingerprint density at radius 2 is 1.76 bits per heavy atom. The molecule has 0 aromatic heterocycles. The summed E-state index contributed by atoms with van der Waals surface area (Å²) in [6, 6.07) is 13.6. The van der Waals surface area contributed by atoms with Gasteiger partial charge in [-0.25, -0.2) is 0 Å². The van der Waals surface area contributed by atoms with Gasteiger partial charge in [0.25, 0.3) is 0 Å². The molecule has 0 amide bonds. The van der Waals surface area contributed by atoms with Crippen LogP contribution in [0.3, 0.4) is 0 Å². The molecule has 1 heterocycles. The van der Waals surface area contributed by atoms with Crippen LogP contribution in [-0.4, -0.2) is 6.54 Å². The number of para-hydroxylation sites is 1. The maximum Gasteiger partial charge on any atom is 0.0482 e. The molecule has 1 aliphatic heterocycles. The summed E-state index contributed by atoms with van der Waals surface area (Å²) in [7, 11) is 0. The largest absolute Gasteiger partial charge is 0.384 e. The van der Waals surface area contributed by atoms with Crippen LogP contribution in [-0.2, 0) is 19.3 Å². The van der Waals surface area contributed by atoms with Gasteiger partial charge in [-0.2, -0.15) is 0 Å². The average molecular weight is 402 g/mol. The van der Waals surface area contributed by atoms with E-state index in [0.717, 1.165) is 18.9 Å². The molecule has 2 bridgehead atoms. The highest BCUT2D eigenvalue weighted by Crippen LogP contribution is 2.39. The Bertz CT molecular complexity index is 955. The first-order valence-electron chi connectivity index (χ1n) is 11.3. The Labute approximate surface area is 179 Å². The number of anilines is 1. The second-order valence-corrected chi connectivity index (χ2v) is 10.0. The van der Waals surface area contributed by atoms with Gasteiger partial charge in [-0.3, -0.25) is 0 Å². The molecule has 1 atom stereocenters. The molecule has 0 spiro atoms. The minimum absolute atomic E-state index is 0.924. The lowest BCUT2D eigenvalue weighted by Gasteiger charge is -2.22. The monoisotopic (exact) mass is 401 g/mol. The fraction of sp³-hybridized carbons (Fsp3) is 0.407. The highest BCUT2D eigenvalue weighted by atomic mass is 32.2. The van der Waals surface area contributed by atoms with Crippen molar-refractivity contribution in [2.75, 3.05) is 11.9 Å². The van der Waals surface area contributed by atoms with Gasteiger partial charge in [0.2, 0.25) is 0 Å². The number of hydrogen-bond donors (Lipinski definition) is 1. The number of rotatable bonds is 1. The molecule has 0 radical (unpaired) electrons. The highest BCUT2D eigenvalue weighted by Gasteiger charge is 2.22. The van der Waals surface area contributed by atoms with Gasteiger partial charge < -0.3 is 5.32 Å². The molecule has 0 saturated carbocycles. The first-order chi connectivity index (χ1) is 14.3. The van der Waals surface area contributed by atoms with E-state index in [2.05, 4.69) is 54.4 Å². The molecule has 1 nitrogen and oxygen atoms in total. The summed E-state index contributed by atoms with van der Waals surface area (Å²) in [6.07, 6.45) is 14.3. The summed E-state index contributed by atoms with van der Waals surface area (Å²) in [6.45, 7) is 5.40. The van der Waals surface area contributed by atoms with Crippen molar-refractivity contribution in [3.05, 3.63) is 75.7 Å². The lowest BCUT2D eigenvalue weighted by Crippen LogP contribution is -2.10. The molecule has 1 unspecified atom stereocenters. The quantitative estimate of drug-likeness (QED) is 0.534. The molecule has 29 heavy (non-hydrogen) atoms. The molecule has 150 valence electrons. The van der Waals surface area contributed by atoms with Crippen molar-refractivity contribution in [1.82, 2.24) is 0 Å². The summed E-state index contributed by atoms with van der Waals surface area (Å²) in [4.78, 5) is 2.47. The van der Waals surface area contributed by atoms with Crippen molar-refractivity contribution in [2.45, 2.75) is 62.7 Å². The fourth-order valence-corrected chi connectivity index (χ4v) is 6.26. The zero-order valence-electron chi connectivity index (χ0n) is 17.3. The molecule has 3 aliphatic rings. The zero-order chi connectivity index (χ0) is 19.6.